The van der Waals surface area contributed by atoms with Gasteiger partial charge in [-0.2, -0.15) is 0 Å². The number of carboxylic acid groups (broad SMARTS) is 1. The first-order valence-corrected chi connectivity index (χ1v) is 10.1. The minimum Gasteiger partial charge on any atom is -0.477 e. The van der Waals surface area contributed by atoms with Crippen molar-refractivity contribution in [3.8, 4) is 11.5 Å². The molecule has 0 aromatic heterocycles. The van der Waals surface area contributed by atoms with E-state index in [1.165, 1.54) is 30.5 Å². The number of benzene rings is 2. The average Bonchev–Trinajstić information content (AvgIpc) is 2.66. The van der Waals surface area contributed by atoms with Gasteiger partial charge in [0.05, 0.1) is 0 Å². The third-order valence-electron chi connectivity index (χ3n) is 5.79. The molecule has 1 amide bonds. The van der Waals surface area contributed by atoms with Crippen LogP contribution in [-0.2, 0) is 20.4 Å². The highest BCUT2D eigenvalue weighted by molar-refractivity contribution is 5.96. The number of carbonyl (C=O) groups is 2. The lowest BCUT2D eigenvalue weighted by Crippen LogP contribution is -2.33. The number of ether oxygens (including phenoxy) is 1. The first-order chi connectivity index (χ1) is 14.0. The maximum atomic E-state index is 11.3. The van der Waals surface area contributed by atoms with E-state index in [-0.39, 0.29) is 16.5 Å². The number of rotatable bonds is 5. The first kappa shape index (κ1) is 21.6. The smallest absolute Gasteiger partial charge is 0.352 e. The van der Waals surface area contributed by atoms with Crippen molar-refractivity contribution in [2.75, 3.05) is 0 Å². The van der Waals surface area contributed by atoms with Gasteiger partial charge in [-0.3, -0.25) is 4.79 Å². The van der Waals surface area contributed by atoms with Crippen LogP contribution in [0.25, 0.3) is 6.08 Å². The zero-order chi connectivity index (χ0) is 22.1. The number of aliphatic carboxylic acids is 1. The Bertz CT molecular complexity index is 1000. The second-order valence-electron chi connectivity index (χ2n) is 9.19. The Morgan fingerprint density at radius 1 is 0.933 bits per heavy atom. The van der Waals surface area contributed by atoms with Gasteiger partial charge in [-0.05, 0) is 70.7 Å². The largest absolute Gasteiger partial charge is 0.477 e. The highest BCUT2D eigenvalue weighted by Gasteiger charge is 2.37. The minimum absolute atomic E-state index is 0.107. The van der Waals surface area contributed by atoms with Gasteiger partial charge in [0.15, 0.2) is 0 Å². The molecule has 0 bridgehead atoms. The van der Waals surface area contributed by atoms with E-state index < -0.39 is 11.9 Å². The number of hydrogen-bond acceptors (Lipinski definition) is 3. The zero-order valence-electron chi connectivity index (χ0n) is 18.2. The lowest BCUT2D eigenvalue weighted by atomic mass is 9.63. The fourth-order valence-corrected chi connectivity index (χ4v) is 3.91. The molecule has 158 valence electrons. The van der Waals surface area contributed by atoms with Gasteiger partial charge in [-0.1, -0.05) is 45.9 Å². The van der Waals surface area contributed by atoms with Crippen LogP contribution in [0.15, 0.2) is 48.2 Å². The van der Waals surface area contributed by atoms with E-state index in [1.807, 2.05) is 6.07 Å². The Balaban J connectivity index is 1.83. The molecule has 2 N–H and O–H groups in total. The van der Waals surface area contributed by atoms with Crippen LogP contribution >= 0.6 is 0 Å². The molecule has 5 heteroatoms. The first-order valence-electron chi connectivity index (χ1n) is 10.1. The topological polar surface area (TPSA) is 75.6 Å². The van der Waals surface area contributed by atoms with E-state index in [2.05, 4.69) is 45.1 Å². The van der Waals surface area contributed by atoms with E-state index in [0.29, 0.717) is 11.3 Å². The minimum atomic E-state index is -1.19. The molecule has 0 radical (unpaired) electrons. The Morgan fingerprint density at radius 3 is 2.07 bits per heavy atom. The van der Waals surface area contributed by atoms with Crippen molar-refractivity contribution in [3.05, 3.63) is 64.9 Å². The molecular formula is C25H29NO4. The zero-order valence-corrected chi connectivity index (χ0v) is 18.2. The molecule has 5 nitrogen and oxygen atoms in total. The van der Waals surface area contributed by atoms with Crippen LogP contribution in [-0.4, -0.2) is 17.0 Å². The van der Waals surface area contributed by atoms with E-state index >= 15 is 0 Å². The average molecular weight is 408 g/mol. The highest BCUT2D eigenvalue weighted by Crippen LogP contribution is 2.47. The van der Waals surface area contributed by atoms with Crippen molar-refractivity contribution < 1.29 is 19.4 Å². The molecule has 0 aliphatic heterocycles. The predicted molar refractivity (Wildman–Crippen MR) is 118 cm³/mol. The Morgan fingerprint density at radius 2 is 1.50 bits per heavy atom. The van der Waals surface area contributed by atoms with Gasteiger partial charge in [0.1, 0.15) is 17.2 Å². The van der Waals surface area contributed by atoms with Crippen molar-refractivity contribution in [2.45, 2.75) is 58.3 Å². The summed E-state index contributed by atoms with van der Waals surface area (Å²) in [6.45, 7) is 10.4. The number of fused-ring (bicyclic) bond motifs is 1. The lowest BCUT2D eigenvalue weighted by Gasteiger charge is -2.41. The Kier molecular flexibility index (Phi) is 5.75. The second-order valence-corrected chi connectivity index (χ2v) is 9.19. The van der Waals surface area contributed by atoms with E-state index in [1.54, 1.807) is 24.3 Å². The molecular weight excluding hydrogens is 378 g/mol. The van der Waals surface area contributed by atoms with Crippen LogP contribution in [0.3, 0.4) is 0 Å². The summed E-state index contributed by atoms with van der Waals surface area (Å²) in [7, 11) is 0. The van der Waals surface area contributed by atoms with Crippen molar-refractivity contribution in [3.63, 3.8) is 0 Å². The van der Waals surface area contributed by atoms with Crippen molar-refractivity contribution in [2.24, 2.45) is 0 Å². The summed E-state index contributed by atoms with van der Waals surface area (Å²) in [5.74, 6) is -0.170. The Labute approximate surface area is 177 Å². The molecule has 30 heavy (non-hydrogen) atoms. The van der Waals surface area contributed by atoms with Gasteiger partial charge < -0.3 is 15.2 Å². The summed E-state index contributed by atoms with van der Waals surface area (Å²) in [6, 6.07) is 13.4. The third kappa shape index (κ3) is 4.73. The molecule has 0 unspecified atom stereocenters. The summed E-state index contributed by atoms with van der Waals surface area (Å²) in [4.78, 5) is 22.4. The van der Waals surface area contributed by atoms with Crippen LogP contribution in [0.4, 0.5) is 0 Å². The quantitative estimate of drug-likeness (QED) is 0.652. The monoisotopic (exact) mass is 407 g/mol. The SMILES string of the molecule is CC(=O)N/C(=C/c1ccc(Oc2ccc3c(c2)C(C)(C)CCC3(C)C)cc1)C(=O)O. The van der Waals surface area contributed by atoms with Crippen LogP contribution in [0.5, 0.6) is 11.5 Å². The van der Waals surface area contributed by atoms with Gasteiger partial charge >= 0.3 is 5.97 Å². The summed E-state index contributed by atoms with van der Waals surface area (Å²) in [5, 5.41) is 11.5. The number of hydrogen-bond donors (Lipinski definition) is 2. The predicted octanol–water partition coefficient (Wildman–Crippen LogP) is 5.39. The molecule has 2 aromatic rings. The van der Waals surface area contributed by atoms with E-state index in [4.69, 9.17) is 4.74 Å². The number of nitrogens with one attached hydrogen (secondary N) is 1. The van der Waals surface area contributed by atoms with Crippen LogP contribution in [0, 0.1) is 0 Å². The fourth-order valence-electron chi connectivity index (χ4n) is 3.91. The number of carbonyl (C=O) groups excluding carboxylic acids is 1. The van der Waals surface area contributed by atoms with Crippen molar-refractivity contribution >= 4 is 18.0 Å². The molecule has 1 aliphatic rings. The van der Waals surface area contributed by atoms with Gasteiger partial charge in [0.25, 0.3) is 0 Å². The molecule has 0 fully saturated rings. The molecule has 0 saturated carbocycles. The molecule has 0 atom stereocenters. The molecule has 0 heterocycles. The fraction of sp³-hybridized carbons (Fsp3) is 0.360. The van der Waals surface area contributed by atoms with Crippen molar-refractivity contribution in [1.29, 1.82) is 0 Å². The molecule has 0 saturated heterocycles. The van der Waals surface area contributed by atoms with Crippen LogP contribution < -0.4 is 10.1 Å². The summed E-state index contributed by atoms with van der Waals surface area (Å²) < 4.78 is 6.07. The van der Waals surface area contributed by atoms with Crippen molar-refractivity contribution in [1.82, 2.24) is 5.32 Å². The maximum Gasteiger partial charge on any atom is 0.352 e. The van der Waals surface area contributed by atoms with Gasteiger partial charge in [-0.15, -0.1) is 0 Å². The maximum absolute atomic E-state index is 11.3. The molecule has 1 aliphatic carbocycles. The van der Waals surface area contributed by atoms with Crippen LogP contribution in [0.1, 0.15) is 64.2 Å². The summed E-state index contributed by atoms with van der Waals surface area (Å²) >= 11 is 0. The normalized spacial score (nSPS) is 17.0. The third-order valence-corrected chi connectivity index (χ3v) is 5.79. The standard InChI is InChI=1S/C25H29NO4/c1-16(27)26-22(23(28)29)14-17-6-8-18(9-7-17)30-19-10-11-20-21(15-19)25(4,5)13-12-24(20,2)3/h6-11,14-15H,12-13H2,1-5H3,(H,26,27)(H,28,29)/b22-14+. The Hall–Kier alpha value is -3.08. The molecule has 2 aromatic carbocycles. The highest BCUT2D eigenvalue weighted by atomic mass is 16.5. The van der Waals surface area contributed by atoms with Gasteiger partial charge in [-0.25, -0.2) is 4.79 Å². The van der Waals surface area contributed by atoms with Crippen LogP contribution in [0.2, 0.25) is 0 Å². The molecule has 0 spiro atoms. The summed E-state index contributed by atoms with van der Waals surface area (Å²) in [6.07, 6.45) is 3.72. The molecule has 3 rings (SSSR count). The lowest BCUT2D eigenvalue weighted by molar-refractivity contribution is -0.134. The van der Waals surface area contributed by atoms with Gasteiger partial charge in [0, 0.05) is 6.92 Å². The van der Waals surface area contributed by atoms with Gasteiger partial charge in [0.2, 0.25) is 5.91 Å². The second kappa shape index (κ2) is 7.98. The van der Waals surface area contributed by atoms with E-state index in [9.17, 15) is 14.7 Å². The van der Waals surface area contributed by atoms with E-state index in [0.717, 1.165) is 12.2 Å². The summed E-state index contributed by atoms with van der Waals surface area (Å²) in [5.41, 5.74) is 3.46. The number of carboxylic acids is 1. The number of amides is 1.